The minimum atomic E-state index is -0.243. The number of aromatic nitrogens is 3. The third-order valence-corrected chi connectivity index (χ3v) is 5.13. The largest absolute Gasteiger partial charge is 0.493 e. The van der Waals surface area contributed by atoms with Crippen LogP contribution in [0.15, 0.2) is 41.6 Å². The summed E-state index contributed by atoms with van der Waals surface area (Å²) >= 11 is 1.53. The average molecular weight is 389 g/mol. The number of benzene rings is 2. The Hall–Kier alpha value is -2.74. The lowest BCUT2D eigenvalue weighted by Crippen LogP contribution is -1.99. The second-order valence-electron chi connectivity index (χ2n) is 5.69. The lowest BCUT2D eigenvalue weighted by Gasteiger charge is -2.14. The maximum Gasteiger partial charge on any atom is 0.203 e. The van der Waals surface area contributed by atoms with E-state index in [0.717, 1.165) is 16.3 Å². The molecule has 0 atom stereocenters. The molecule has 1 aromatic heterocycles. The van der Waals surface area contributed by atoms with Crippen LogP contribution in [0.4, 0.5) is 4.39 Å². The van der Waals surface area contributed by atoms with Crippen molar-refractivity contribution in [2.45, 2.75) is 10.9 Å². The molecule has 1 heterocycles. The Morgan fingerprint density at radius 3 is 2.15 bits per heavy atom. The van der Waals surface area contributed by atoms with Crippen molar-refractivity contribution >= 4 is 11.8 Å². The van der Waals surface area contributed by atoms with Gasteiger partial charge in [-0.3, -0.25) is 0 Å². The summed E-state index contributed by atoms with van der Waals surface area (Å²) in [5, 5.41) is 9.32. The second-order valence-corrected chi connectivity index (χ2v) is 6.64. The molecule has 0 amide bonds. The molecule has 6 nitrogen and oxygen atoms in total. The van der Waals surface area contributed by atoms with Crippen LogP contribution in [0.1, 0.15) is 5.56 Å². The Kier molecular flexibility index (Phi) is 5.85. The van der Waals surface area contributed by atoms with Crippen molar-refractivity contribution in [1.29, 1.82) is 0 Å². The van der Waals surface area contributed by atoms with Crippen LogP contribution in [0.25, 0.3) is 11.4 Å². The molecule has 0 aliphatic rings. The Morgan fingerprint density at radius 1 is 0.963 bits per heavy atom. The third kappa shape index (κ3) is 4.00. The summed E-state index contributed by atoms with van der Waals surface area (Å²) < 4.78 is 31.1. The number of rotatable bonds is 7. The quantitative estimate of drug-likeness (QED) is 0.571. The van der Waals surface area contributed by atoms with Crippen LogP contribution in [0.2, 0.25) is 0 Å². The normalized spacial score (nSPS) is 10.7. The van der Waals surface area contributed by atoms with Gasteiger partial charge in [-0.15, -0.1) is 10.2 Å². The molecule has 2 aromatic carbocycles. The molecule has 3 rings (SSSR count). The van der Waals surface area contributed by atoms with Gasteiger partial charge in [-0.2, -0.15) is 0 Å². The van der Waals surface area contributed by atoms with Crippen LogP contribution in [-0.2, 0) is 12.8 Å². The molecule has 0 N–H and O–H groups in total. The monoisotopic (exact) mass is 389 g/mol. The van der Waals surface area contributed by atoms with Gasteiger partial charge in [-0.1, -0.05) is 23.9 Å². The van der Waals surface area contributed by atoms with Gasteiger partial charge in [0.1, 0.15) is 5.82 Å². The molecule has 0 unspecified atom stereocenters. The van der Waals surface area contributed by atoms with Gasteiger partial charge in [-0.25, -0.2) is 4.39 Å². The molecule has 142 valence electrons. The first-order chi connectivity index (χ1) is 13.1. The van der Waals surface area contributed by atoms with Crippen LogP contribution in [0, 0.1) is 5.82 Å². The molecule has 0 saturated heterocycles. The van der Waals surface area contributed by atoms with Gasteiger partial charge in [-0.05, 0) is 29.8 Å². The fourth-order valence-corrected chi connectivity index (χ4v) is 3.50. The van der Waals surface area contributed by atoms with Gasteiger partial charge in [0, 0.05) is 18.4 Å². The number of hydrogen-bond acceptors (Lipinski definition) is 6. The first kappa shape index (κ1) is 19.0. The molecule has 0 aliphatic heterocycles. The SMILES string of the molecule is COc1cc(-c2nnc(SCc3ccc(F)cc3)n2C)cc(OC)c1OC. The van der Waals surface area contributed by atoms with Crippen LogP contribution in [0.5, 0.6) is 17.2 Å². The second kappa shape index (κ2) is 8.30. The van der Waals surface area contributed by atoms with Gasteiger partial charge in [0.2, 0.25) is 5.75 Å². The zero-order chi connectivity index (χ0) is 19.4. The first-order valence-corrected chi connectivity index (χ1v) is 9.13. The molecular weight excluding hydrogens is 369 g/mol. The van der Waals surface area contributed by atoms with E-state index in [0.29, 0.717) is 28.8 Å². The maximum absolute atomic E-state index is 13.0. The zero-order valence-corrected chi connectivity index (χ0v) is 16.3. The van der Waals surface area contributed by atoms with Gasteiger partial charge in [0.25, 0.3) is 0 Å². The lowest BCUT2D eigenvalue weighted by atomic mass is 10.1. The van der Waals surface area contributed by atoms with E-state index in [1.54, 1.807) is 33.5 Å². The van der Waals surface area contributed by atoms with Crippen molar-refractivity contribution in [1.82, 2.24) is 14.8 Å². The highest BCUT2D eigenvalue weighted by Gasteiger charge is 2.18. The number of halogens is 1. The number of thioether (sulfide) groups is 1. The Bertz CT molecular complexity index is 903. The molecule has 0 aliphatic carbocycles. The first-order valence-electron chi connectivity index (χ1n) is 8.14. The van der Waals surface area contributed by atoms with Gasteiger partial charge in [0.05, 0.1) is 21.3 Å². The van der Waals surface area contributed by atoms with Crippen molar-refractivity contribution < 1.29 is 18.6 Å². The summed E-state index contributed by atoms with van der Waals surface area (Å²) in [4.78, 5) is 0. The van der Waals surface area contributed by atoms with Crippen molar-refractivity contribution in [3.63, 3.8) is 0 Å². The van der Waals surface area contributed by atoms with Crippen molar-refractivity contribution in [3.05, 3.63) is 47.8 Å². The fraction of sp³-hybridized carbons (Fsp3) is 0.263. The van der Waals surface area contributed by atoms with E-state index in [4.69, 9.17) is 14.2 Å². The Morgan fingerprint density at radius 2 is 1.59 bits per heavy atom. The van der Waals surface area contributed by atoms with Crippen molar-refractivity contribution in [3.8, 4) is 28.6 Å². The molecule has 0 saturated carbocycles. The van der Waals surface area contributed by atoms with Gasteiger partial charge in [0.15, 0.2) is 22.5 Å². The van der Waals surface area contributed by atoms with E-state index in [9.17, 15) is 4.39 Å². The van der Waals surface area contributed by atoms with Crippen LogP contribution in [-0.4, -0.2) is 36.1 Å². The minimum Gasteiger partial charge on any atom is -0.493 e. The average Bonchev–Trinajstić information content (AvgIpc) is 3.06. The predicted octanol–water partition coefficient (Wildman–Crippen LogP) is 3.94. The Labute approximate surface area is 161 Å². The zero-order valence-electron chi connectivity index (χ0n) is 15.5. The summed E-state index contributed by atoms with van der Waals surface area (Å²) in [5.74, 6) is 2.73. The van der Waals surface area contributed by atoms with Gasteiger partial charge < -0.3 is 18.8 Å². The standard InChI is InChI=1S/C19H20FN3O3S/c1-23-18(13-9-15(24-2)17(26-4)16(10-13)25-3)21-22-19(23)27-11-12-5-7-14(20)8-6-12/h5-10H,11H2,1-4H3. The molecule has 0 spiro atoms. The number of ether oxygens (including phenoxy) is 3. The van der Waals surface area contributed by atoms with Crippen molar-refractivity contribution in [2.24, 2.45) is 7.05 Å². The van der Waals surface area contributed by atoms with Crippen LogP contribution in [0.3, 0.4) is 0 Å². The lowest BCUT2D eigenvalue weighted by molar-refractivity contribution is 0.324. The smallest absolute Gasteiger partial charge is 0.203 e. The number of nitrogens with zero attached hydrogens (tertiary/aromatic N) is 3. The number of methoxy groups -OCH3 is 3. The van der Waals surface area contributed by atoms with E-state index < -0.39 is 0 Å². The molecule has 0 fully saturated rings. The summed E-state index contributed by atoms with van der Waals surface area (Å²) in [5.41, 5.74) is 1.81. The summed E-state index contributed by atoms with van der Waals surface area (Å²) in [6.07, 6.45) is 0. The topological polar surface area (TPSA) is 58.4 Å². The highest BCUT2D eigenvalue weighted by Crippen LogP contribution is 2.41. The molecule has 27 heavy (non-hydrogen) atoms. The number of hydrogen-bond donors (Lipinski definition) is 0. The van der Waals surface area contributed by atoms with Crippen molar-refractivity contribution in [2.75, 3.05) is 21.3 Å². The molecule has 8 heteroatoms. The fourth-order valence-electron chi connectivity index (χ4n) is 2.63. The summed E-state index contributed by atoms with van der Waals surface area (Å²) in [6, 6.07) is 10.1. The van der Waals surface area contributed by atoms with E-state index in [-0.39, 0.29) is 5.82 Å². The molecular formula is C19H20FN3O3S. The highest BCUT2D eigenvalue weighted by molar-refractivity contribution is 7.98. The molecule has 3 aromatic rings. The van der Waals surface area contributed by atoms with E-state index in [1.807, 2.05) is 23.7 Å². The minimum absolute atomic E-state index is 0.243. The highest BCUT2D eigenvalue weighted by atomic mass is 32.2. The van der Waals surface area contributed by atoms with E-state index in [2.05, 4.69) is 10.2 Å². The summed E-state index contributed by atoms with van der Waals surface area (Å²) in [7, 11) is 6.60. The van der Waals surface area contributed by atoms with Gasteiger partial charge >= 0.3 is 0 Å². The predicted molar refractivity (Wildman–Crippen MR) is 102 cm³/mol. The van der Waals surface area contributed by atoms with Crippen LogP contribution < -0.4 is 14.2 Å². The maximum atomic E-state index is 13.0. The van der Waals surface area contributed by atoms with Crippen LogP contribution >= 0.6 is 11.8 Å². The van der Waals surface area contributed by atoms with E-state index in [1.165, 1.54) is 23.9 Å². The third-order valence-electron chi connectivity index (χ3n) is 4.04. The molecule has 0 radical (unpaired) electrons. The Balaban J connectivity index is 1.87. The summed E-state index contributed by atoms with van der Waals surface area (Å²) in [6.45, 7) is 0. The van der Waals surface area contributed by atoms with E-state index >= 15 is 0 Å². The molecule has 0 bridgehead atoms.